The second-order valence-electron chi connectivity index (χ2n) is 9.35. The zero-order valence-electron chi connectivity index (χ0n) is 20.8. The van der Waals surface area contributed by atoms with E-state index in [1.54, 1.807) is 6.20 Å². The van der Waals surface area contributed by atoms with Crippen LogP contribution in [0.3, 0.4) is 0 Å². The van der Waals surface area contributed by atoms with Crippen LogP contribution in [0.5, 0.6) is 0 Å². The maximum absolute atomic E-state index is 13.1. The average Bonchev–Trinajstić information content (AvgIpc) is 3.48. The molecule has 0 saturated carbocycles. The molecule has 4 rings (SSSR count). The minimum absolute atomic E-state index is 0.0717. The standard InChI is InChI=1S/C29H31N3O4/c1-29(2,28(34)35)36-19-5-7-22-10-8-21(9-11-22)6-4-16-32-18-15-30-27(32)26(33)24-12-13-25-23(20-24)14-17-31(25)3/h5,7-15,17-18,20H,4,6,16,19H2,1-3H3,(H,34,35)/b7-5+. The van der Waals surface area contributed by atoms with Crippen molar-refractivity contribution < 1.29 is 19.4 Å². The Kier molecular flexibility index (Phi) is 7.50. The molecule has 0 aliphatic heterocycles. The highest BCUT2D eigenvalue weighted by Gasteiger charge is 2.27. The van der Waals surface area contributed by atoms with Gasteiger partial charge in [0, 0.05) is 48.6 Å². The summed E-state index contributed by atoms with van der Waals surface area (Å²) in [5, 5.41) is 10.1. The molecular weight excluding hydrogens is 454 g/mol. The van der Waals surface area contributed by atoms with Gasteiger partial charge < -0.3 is 19.0 Å². The van der Waals surface area contributed by atoms with Crippen molar-refractivity contribution in [2.75, 3.05) is 6.61 Å². The van der Waals surface area contributed by atoms with Crippen molar-refractivity contribution in [3.63, 3.8) is 0 Å². The van der Waals surface area contributed by atoms with Gasteiger partial charge in [-0.25, -0.2) is 9.78 Å². The Balaban J connectivity index is 1.30. The maximum atomic E-state index is 13.1. The minimum Gasteiger partial charge on any atom is -0.479 e. The number of hydrogen-bond donors (Lipinski definition) is 1. The fourth-order valence-corrected chi connectivity index (χ4v) is 4.00. The van der Waals surface area contributed by atoms with E-state index in [-0.39, 0.29) is 12.4 Å². The number of fused-ring (bicyclic) bond motifs is 1. The first-order valence-electron chi connectivity index (χ1n) is 12.0. The van der Waals surface area contributed by atoms with Gasteiger partial charge in [-0.1, -0.05) is 36.4 Å². The summed E-state index contributed by atoms with van der Waals surface area (Å²) in [4.78, 5) is 28.5. The number of benzene rings is 2. The Morgan fingerprint density at radius 3 is 2.61 bits per heavy atom. The highest BCUT2D eigenvalue weighted by atomic mass is 16.5. The number of carboxylic acids is 1. The van der Waals surface area contributed by atoms with Gasteiger partial charge in [-0.3, -0.25) is 4.79 Å². The molecule has 0 aliphatic carbocycles. The van der Waals surface area contributed by atoms with E-state index in [9.17, 15) is 9.59 Å². The highest BCUT2D eigenvalue weighted by Crippen LogP contribution is 2.19. The monoisotopic (exact) mass is 485 g/mol. The second kappa shape index (κ2) is 10.7. The van der Waals surface area contributed by atoms with Crippen LogP contribution in [0.25, 0.3) is 17.0 Å². The van der Waals surface area contributed by atoms with Crippen LogP contribution in [0.1, 0.15) is 47.6 Å². The van der Waals surface area contributed by atoms with Gasteiger partial charge in [0.15, 0.2) is 11.4 Å². The molecule has 0 amide bonds. The van der Waals surface area contributed by atoms with Crippen molar-refractivity contribution in [2.45, 2.75) is 38.8 Å². The van der Waals surface area contributed by atoms with Gasteiger partial charge in [-0.15, -0.1) is 0 Å². The molecule has 2 heterocycles. The number of carbonyl (C=O) groups is 2. The van der Waals surface area contributed by atoms with Gasteiger partial charge in [0.1, 0.15) is 0 Å². The molecule has 0 aliphatic rings. The SMILES string of the molecule is Cn1ccc2cc(C(=O)c3nccn3CCCc3ccc(/C=C/COC(C)(C)C(=O)O)cc3)ccc21. The van der Waals surface area contributed by atoms with Gasteiger partial charge in [-0.2, -0.15) is 0 Å². The number of carbonyl (C=O) groups excluding carboxylic acids is 1. The average molecular weight is 486 g/mol. The predicted molar refractivity (Wildman–Crippen MR) is 140 cm³/mol. The quantitative estimate of drug-likeness (QED) is 0.298. The number of ether oxygens (including phenoxy) is 1. The second-order valence-corrected chi connectivity index (χ2v) is 9.35. The van der Waals surface area contributed by atoms with Gasteiger partial charge in [0.05, 0.1) is 6.61 Å². The summed E-state index contributed by atoms with van der Waals surface area (Å²) in [6.45, 7) is 3.99. The summed E-state index contributed by atoms with van der Waals surface area (Å²) < 4.78 is 9.34. The van der Waals surface area contributed by atoms with E-state index < -0.39 is 11.6 Å². The van der Waals surface area contributed by atoms with E-state index in [1.807, 2.05) is 77.1 Å². The molecular formula is C29H31N3O4. The van der Waals surface area contributed by atoms with Crippen LogP contribution in [0.15, 0.2) is 73.2 Å². The van der Waals surface area contributed by atoms with Crippen molar-refractivity contribution in [3.05, 3.63) is 95.7 Å². The topological polar surface area (TPSA) is 86.4 Å². The van der Waals surface area contributed by atoms with Crippen molar-refractivity contribution >= 4 is 28.7 Å². The molecule has 0 bridgehead atoms. The third-order valence-electron chi connectivity index (χ3n) is 6.28. The fourth-order valence-electron chi connectivity index (χ4n) is 4.00. The Morgan fingerprint density at radius 2 is 1.86 bits per heavy atom. The molecule has 0 atom stereocenters. The molecule has 4 aromatic rings. The van der Waals surface area contributed by atoms with Crippen molar-refractivity contribution in [2.24, 2.45) is 7.05 Å². The fraction of sp³-hybridized carbons (Fsp3) is 0.276. The smallest absolute Gasteiger partial charge is 0.335 e. The normalized spacial score (nSPS) is 12.0. The molecule has 0 radical (unpaired) electrons. The van der Waals surface area contributed by atoms with Crippen molar-refractivity contribution in [3.8, 4) is 0 Å². The highest BCUT2D eigenvalue weighted by molar-refractivity contribution is 6.08. The van der Waals surface area contributed by atoms with Gasteiger partial charge >= 0.3 is 5.97 Å². The summed E-state index contributed by atoms with van der Waals surface area (Å²) in [7, 11) is 1.99. The molecule has 186 valence electrons. The lowest BCUT2D eigenvalue weighted by Gasteiger charge is -2.18. The summed E-state index contributed by atoms with van der Waals surface area (Å²) >= 11 is 0. The van der Waals surface area contributed by atoms with Crippen LogP contribution in [0, 0.1) is 0 Å². The lowest BCUT2D eigenvalue weighted by atomic mass is 10.1. The number of aryl methyl sites for hydroxylation is 3. The van der Waals surface area contributed by atoms with Crippen LogP contribution in [0.2, 0.25) is 0 Å². The van der Waals surface area contributed by atoms with Crippen LogP contribution in [-0.4, -0.2) is 43.2 Å². The number of hydrogen-bond acceptors (Lipinski definition) is 4. The molecule has 0 fully saturated rings. The first-order valence-corrected chi connectivity index (χ1v) is 12.0. The number of carboxylic acid groups (broad SMARTS) is 1. The summed E-state index contributed by atoms with van der Waals surface area (Å²) in [5.74, 6) is -0.599. The Hall–Kier alpha value is -3.97. The van der Waals surface area contributed by atoms with Gasteiger partial charge in [0.25, 0.3) is 0 Å². The van der Waals surface area contributed by atoms with E-state index in [4.69, 9.17) is 9.84 Å². The third kappa shape index (κ3) is 5.80. The molecule has 1 N–H and O–H groups in total. The molecule has 7 nitrogen and oxygen atoms in total. The first kappa shape index (κ1) is 25.1. The predicted octanol–water partition coefficient (Wildman–Crippen LogP) is 5.13. The molecule has 7 heteroatoms. The molecule has 0 spiro atoms. The minimum atomic E-state index is -1.20. The number of nitrogens with zero attached hydrogens (tertiary/aromatic N) is 3. The van der Waals surface area contributed by atoms with E-state index in [1.165, 1.54) is 19.4 Å². The van der Waals surface area contributed by atoms with Crippen LogP contribution < -0.4 is 0 Å². The van der Waals surface area contributed by atoms with E-state index in [0.29, 0.717) is 17.9 Å². The molecule has 0 saturated heterocycles. The Morgan fingerprint density at radius 1 is 1.08 bits per heavy atom. The van der Waals surface area contributed by atoms with Crippen LogP contribution in [-0.2, 0) is 29.5 Å². The number of ketones is 1. The number of imidazole rings is 1. The zero-order chi connectivity index (χ0) is 25.7. The number of rotatable bonds is 11. The van der Waals surface area contributed by atoms with Crippen molar-refractivity contribution in [1.29, 1.82) is 0 Å². The number of aliphatic carboxylic acids is 1. The summed E-state index contributed by atoms with van der Waals surface area (Å²) in [6, 6.07) is 16.0. The summed E-state index contributed by atoms with van der Waals surface area (Å²) in [5.41, 5.74) is 2.75. The zero-order valence-corrected chi connectivity index (χ0v) is 20.8. The lowest BCUT2D eigenvalue weighted by molar-refractivity contribution is -0.159. The van der Waals surface area contributed by atoms with E-state index in [2.05, 4.69) is 17.1 Å². The first-order chi connectivity index (χ1) is 17.2. The van der Waals surface area contributed by atoms with Crippen LogP contribution in [0.4, 0.5) is 0 Å². The van der Waals surface area contributed by atoms with Gasteiger partial charge in [0.2, 0.25) is 5.78 Å². The van der Waals surface area contributed by atoms with Gasteiger partial charge in [-0.05, 0) is 62.1 Å². The third-order valence-corrected chi connectivity index (χ3v) is 6.28. The molecule has 0 unspecified atom stereocenters. The lowest BCUT2D eigenvalue weighted by Crippen LogP contribution is -2.34. The molecule has 36 heavy (non-hydrogen) atoms. The summed E-state index contributed by atoms with van der Waals surface area (Å²) in [6.07, 6.45) is 11.0. The molecule has 2 aromatic heterocycles. The Bertz CT molecular complexity index is 1390. The number of aromatic nitrogens is 3. The van der Waals surface area contributed by atoms with E-state index >= 15 is 0 Å². The van der Waals surface area contributed by atoms with E-state index in [0.717, 1.165) is 29.3 Å². The largest absolute Gasteiger partial charge is 0.479 e. The van der Waals surface area contributed by atoms with Crippen LogP contribution >= 0.6 is 0 Å². The molecule has 2 aromatic carbocycles. The van der Waals surface area contributed by atoms with Crippen molar-refractivity contribution in [1.82, 2.24) is 14.1 Å². The Labute approximate surface area is 210 Å². The maximum Gasteiger partial charge on any atom is 0.335 e.